The van der Waals surface area contributed by atoms with Gasteiger partial charge >= 0.3 is 25.7 Å². The summed E-state index contributed by atoms with van der Waals surface area (Å²) in [5.41, 5.74) is 4.04. The van der Waals surface area contributed by atoms with Gasteiger partial charge in [-0.25, -0.2) is 24.3 Å². The van der Waals surface area contributed by atoms with E-state index < -0.39 is 75.2 Å². The van der Waals surface area contributed by atoms with E-state index in [1.54, 1.807) is 0 Å². The second-order valence-electron chi connectivity index (χ2n) is 7.21. The number of aromatic amines is 1. The monoisotopic (exact) mass is 605 g/mol. The minimum absolute atomic E-state index is 0.0258. The van der Waals surface area contributed by atoms with Crippen LogP contribution in [0.2, 0.25) is 0 Å². The number of hydrogen-bond acceptors (Lipinski definition) is 15. The molecule has 40 heavy (non-hydrogen) atoms. The van der Waals surface area contributed by atoms with Crippen LogP contribution in [0.3, 0.4) is 0 Å². The van der Waals surface area contributed by atoms with E-state index in [0.29, 0.717) is 17.0 Å². The normalized spacial score (nSPS) is 13.9. The summed E-state index contributed by atoms with van der Waals surface area (Å²) in [5.74, 6) is -4.59. The van der Waals surface area contributed by atoms with Crippen LogP contribution in [0, 0.1) is 0 Å². The number of aliphatic carboxylic acids is 3. The molecule has 23 heteroatoms. The van der Waals surface area contributed by atoms with Gasteiger partial charge in [-0.15, -0.1) is 0 Å². The number of carboxylic acids is 3. The molecule has 4 unspecified atom stereocenters. The number of carbonyl (C=O) groups excluding carboxylic acids is 1. The molecule has 2 heterocycles. The first-order valence-corrected chi connectivity index (χ1v) is 11.6. The molecule has 0 amide bonds. The van der Waals surface area contributed by atoms with Crippen LogP contribution >= 0.6 is 7.82 Å². The number of aldehydes is 1. The molecule has 15 N–H and O–H groups in total. The molecule has 0 bridgehead atoms. The number of nitrogen functional groups attached to an aromatic ring is 1. The van der Waals surface area contributed by atoms with Crippen LogP contribution in [-0.4, -0.2) is 141 Å². The van der Waals surface area contributed by atoms with Crippen LogP contribution in [0.15, 0.2) is 12.7 Å². The third kappa shape index (κ3) is 16.3. The van der Waals surface area contributed by atoms with E-state index in [0.717, 1.165) is 0 Å². The van der Waals surface area contributed by atoms with Crippen molar-refractivity contribution in [3.8, 4) is 0 Å². The first kappa shape index (κ1) is 38.4. The summed E-state index contributed by atoms with van der Waals surface area (Å²) in [4.78, 5) is 76.3. The molecule has 0 spiro atoms. The zero-order chi connectivity index (χ0) is 31.8. The van der Waals surface area contributed by atoms with Crippen molar-refractivity contribution in [3.63, 3.8) is 0 Å². The molecule has 228 valence electrons. The second kappa shape index (κ2) is 17.8. The van der Waals surface area contributed by atoms with E-state index in [4.69, 9.17) is 70.9 Å². The number of carboxylic acid groups (broad SMARTS) is 3. The van der Waals surface area contributed by atoms with E-state index in [-0.39, 0.29) is 6.29 Å². The lowest BCUT2D eigenvalue weighted by atomic mass is 9.96. The van der Waals surface area contributed by atoms with E-state index in [9.17, 15) is 19.2 Å². The molecule has 0 aliphatic rings. The Kier molecular flexibility index (Phi) is 17.1. The molecule has 2 aromatic rings. The highest BCUT2D eigenvalue weighted by atomic mass is 31.2. The molecule has 2 aromatic heterocycles. The Bertz CT molecular complexity index is 1120. The van der Waals surface area contributed by atoms with Crippen LogP contribution in [0.5, 0.6) is 0 Å². The summed E-state index contributed by atoms with van der Waals surface area (Å²) < 4.78 is 8.88. The lowest BCUT2D eigenvalue weighted by Crippen LogP contribution is -2.46. The Hall–Kier alpha value is -3.70. The van der Waals surface area contributed by atoms with Gasteiger partial charge in [-0.3, -0.25) is 9.59 Å². The summed E-state index contributed by atoms with van der Waals surface area (Å²) >= 11 is 0. The number of aromatic nitrogens is 4. The third-order valence-corrected chi connectivity index (χ3v) is 3.96. The number of rotatable bonds is 10. The Morgan fingerprint density at radius 1 is 0.975 bits per heavy atom. The molecule has 0 fully saturated rings. The Balaban J connectivity index is 0. The van der Waals surface area contributed by atoms with Gasteiger partial charge < -0.3 is 76.2 Å². The molecule has 0 saturated carbocycles. The first-order valence-electron chi connectivity index (χ1n) is 10.1. The number of phosphoric acid groups is 1. The number of nitrogens with one attached hydrogen (secondary N) is 1. The van der Waals surface area contributed by atoms with Gasteiger partial charge in [0.25, 0.3) is 0 Å². The van der Waals surface area contributed by atoms with Gasteiger partial charge in [-0.2, -0.15) is 0 Å². The van der Waals surface area contributed by atoms with E-state index in [2.05, 4.69) is 19.9 Å². The zero-order valence-electron chi connectivity index (χ0n) is 19.9. The highest BCUT2D eigenvalue weighted by molar-refractivity contribution is 7.45. The number of nitrogens with zero attached hydrogens (tertiary/aromatic N) is 3. The first-order chi connectivity index (χ1) is 18.2. The predicted molar refractivity (Wildman–Crippen MR) is 125 cm³/mol. The molecule has 0 aromatic carbocycles. The van der Waals surface area contributed by atoms with Crippen molar-refractivity contribution >= 4 is 49.0 Å². The van der Waals surface area contributed by atoms with Crippen molar-refractivity contribution in [2.75, 3.05) is 12.3 Å². The minimum atomic E-state index is -4.64. The average Bonchev–Trinajstić information content (AvgIpc) is 3.31. The maximum Gasteiger partial charge on any atom is 0.466 e. The van der Waals surface area contributed by atoms with Crippen molar-refractivity contribution in [1.29, 1.82) is 0 Å². The smallest absolute Gasteiger partial charge is 0.466 e. The van der Waals surface area contributed by atoms with Crippen LogP contribution in [-0.2, 0) is 23.7 Å². The molecule has 0 saturated heterocycles. The van der Waals surface area contributed by atoms with Crippen molar-refractivity contribution in [2.24, 2.45) is 0 Å². The van der Waals surface area contributed by atoms with E-state index >= 15 is 0 Å². The minimum Gasteiger partial charge on any atom is -0.481 e. The summed E-state index contributed by atoms with van der Waals surface area (Å²) in [7, 11) is -4.64. The fourth-order valence-electron chi connectivity index (χ4n) is 2.12. The summed E-state index contributed by atoms with van der Waals surface area (Å²) in [5, 5.41) is 77.3. The topological polar surface area (TPSA) is 409 Å². The molecule has 0 aliphatic heterocycles. The molecular weight excluding hydrogens is 577 g/mol. The summed E-state index contributed by atoms with van der Waals surface area (Å²) in [6.07, 6.45) is -6.20. The van der Waals surface area contributed by atoms with Crippen molar-refractivity contribution in [1.82, 2.24) is 19.9 Å². The fraction of sp³-hybridized carbons (Fsp3) is 0.471. The number of nitrogens with two attached hydrogens (primary N) is 1. The molecule has 4 atom stereocenters. The molecule has 22 nitrogen and oxygen atoms in total. The van der Waals surface area contributed by atoms with Crippen LogP contribution in [0.25, 0.3) is 11.2 Å². The number of H-pyrrole nitrogens is 1. The molecular formula is C17H28N5O17P. The molecule has 0 radical (unpaired) electrons. The number of aliphatic hydroxyl groups excluding tert-OH is 5. The number of hydrogen-bond donors (Lipinski definition) is 14. The van der Waals surface area contributed by atoms with Crippen molar-refractivity contribution < 1.29 is 84.4 Å². The van der Waals surface area contributed by atoms with Crippen LogP contribution < -0.4 is 5.73 Å². The zero-order valence-corrected chi connectivity index (χ0v) is 20.8. The number of anilines is 1. The number of imidazole rings is 1. The summed E-state index contributed by atoms with van der Waals surface area (Å²) in [6.45, 7) is -0.760. The van der Waals surface area contributed by atoms with E-state index in [1.807, 2.05) is 0 Å². The van der Waals surface area contributed by atoms with Gasteiger partial charge in [0, 0.05) is 0 Å². The van der Waals surface area contributed by atoms with Gasteiger partial charge in [0.1, 0.15) is 36.3 Å². The van der Waals surface area contributed by atoms with Gasteiger partial charge in [0.15, 0.2) is 23.4 Å². The Labute approximate surface area is 221 Å². The maximum absolute atomic E-state index is 10.3. The SMILES string of the molecule is Nc1ncnc2nc[nH]c12.O=C(O)CC(O)(CC(=O)O)C(=O)O.O=CC(O)C(O)C(O)C(O)CO.O=P(O)(O)O. The number of carbonyl (C=O) groups is 4. The fourth-order valence-corrected chi connectivity index (χ4v) is 2.12. The average molecular weight is 605 g/mol. The number of fused-ring (bicyclic) bond motifs is 1. The van der Waals surface area contributed by atoms with Crippen molar-refractivity contribution in [3.05, 3.63) is 12.7 Å². The highest BCUT2D eigenvalue weighted by Gasteiger charge is 2.40. The molecule has 2 rings (SSSR count). The maximum atomic E-state index is 10.3. The highest BCUT2D eigenvalue weighted by Crippen LogP contribution is 2.25. The quantitative estimate of drug-likeness (QED) is 0.0885. The largest absolute Gasteiger partial charge is 0.481 e. The lowest BCUT2D eigenvalue weighted by Gasteiger charge is -2.22. The molecule has 0 aliphatic carbocycles. The standard InChI is InChI=1S/C6H8O7.C6H12O6.C5H5N5.H3O4P/c7-3(8)1-6(13,5(11)12)2-4(9)10;7-1-3(9)5(11)6(12)4(10)2-8;6-4-3-5(9-1-7-3)10-2-8-4;1-5(2,3)4/h13H,1-2H2,(H,7,8)(H,9,10)(H,11,12);1,3-6,8-12H,2H2;1-2H,(H3,6,7,8,9,10);(H3,1,2,3,4). The van der Waals surface area contributed by atoms with Crippen LogP contribution in [0.4, 0.5) is 5.82 Å². The summed E-state index contributed by atoms with van der Waals surface area (Å²) in [6, 6.07) is 0. The van der Waals surface area contributed by atoms with Gasteiger partial charge in [-0.1, -0.05) is 0 Å². The second-order valence-corrected chi connectivity index (χ2v) is 8.24. The number of aliphatic hydroxyl groups is 6. The Morgan fingerprint density at radius 3 is 1.80 bits per heavy atom. The van der Waals surface area contributed by atoms with Gasteiger partial charge in [0.05, 0.1) is 25.8 Å². The van der Waals surface area contributed by atoms with E-state index in [1.165, 1.54) is 12.7 Å². The van der Waals surface area contributed by atoms with Crippen LogP contribution in [0.1, 0.15) is 12.8 Å². The predicted octanol–water partition coefficient (Wildman–Crippen LogP) is -5.62. The van der Waals surface area contributed by atoms with Gasteiger partial charge in [-0.05, 0) is 0 Å². The Morgan fingerprint density at radius 2 is 1.45 bits per heavy atom. The lowest BCUT2D eigenvalue weighted by molar-refractivity contribution is -0.170. The van der Waals surface area contributed by atoms with Gasteiger partial charge in [0.2, 0.25) is 0 Å². The third-order valence-electron chi connectivity index (χ3n) is 3.96. The van der Waals surface area contributed by atoms with Crippen molar-refractivity contribution in [2.45, 2.75) is 42.9 Å².